The standard InChI is InChI=1S/C34H39ClN2O6/c1-4-7-20-42-32(41)28-27-30(39)37(26(22-38)21-23-11-9-8-10-12-23)29(34(27)18-17-33(28,6-3)43-34)31(40)36(19-5-2)25-15-13-24(35)14-16-25/h4-5,8-16,26-29,38H,1-2,6-7,17-22H2,3H3/t26-,27+,28+,29?,33-,34?/m1/s1. The van der Waals surface area contributed by atoms with E-state index in [0.717, 1.165) is 5.56 Å². The van der Waals surface area contributed by atoms with E-state index in [-0.39, 0.29) is 31.6 Å². The number of fused-ring (bicyclic) bond motifs is 1. The molecular formula is C34H39ClN2O6. The highest BCUT2D eigenvalue weighted by Crippen LogP contribution is 2.65. The fraction of sp³-hybridized carbons (Fsp3) is 0.441. The average Bonchev–Trinajstić information content (AvgIpc) is 3.63. The Balaban J connectivity index is 1.62. The molecule has 43 heavy (non-hydrogen) atoms. The zero-order valence-electron chi connectivity index (χ0n) is 24.5. The van der Waals surface area contributed by atoms with E-state index in [1.54, 1.807) is 41.3 Å². The summed E-state index contributed by atoms with van der Waals surface area (Å²) in [5, 5.41) is 11.2. The second-order valence-corrected chi connectivity index (χ2v) is 12.0. The highest BCUT2D eigenvalue weighted by Gasteiger charge is 2.79. The number of aliphatic hydroxyl groups is 1. The SMILES string of the molecule is C=CCCOC(=O)[C@@H]1[C@H]2C(=O)N([C@@H](CO)Cc3ccccc3)C(C(=O)N(CC=C)c3ccc(Cl)cc3)C23CC[C@@]1(CC)O3. The Morgan fingerprint density at radius 1 is 1.16 bits per heavy atom. The van der Waals surface area contributed by atoms with Crippen LogP contribution in [0.5, 0.6) is 0 Å². The predicted molar refractivity (Wildman–Crippen MR) is 164 cm³/mol. The molecule has 3 heterocycles. The number of carbonyl (C=O) groups excluding carboxylic acids is 3. The van der Waals surface area contributed by atoms with Crippen molar-refractivity contribution in [3.8, 4) is 0 Å². The zero-order valence-corrected chi connectivity index (χ0v) is 25.2. The van der Waals surface area contributed by atoms with Crippen LogP contribution in [0, 0.1) is 11.8 Å². The molecule has 5 rings (SSSR count). The summed E-state index contributed by atoms with van der Waals surface area (Å²) in [7, 11) is 0. The Kier molecular flexibility index (Phi) is 9.11. The first-order valence-corrected chi connectivity index (χ1v) is 15.3. The third-order valence-corrected chi connectivity index (χ3v) is 9.56. The molecule has 2 bridgehead atoms. The normalized spacial score (nSPS) is 27.9. The number of hydrogen-bond donors (Lipinski definition) is 1. The number of carbonyl (C=O) groups is 3. The fourth-order valence-corrected chi connectivity index (χ4v) is 7.50. The van der Waals surface area contributed by atoms with Gasteiger partial charge in [-0.15, -0.1) is 13.2 Å². The van der Waals surface area contributed by atoms with Crippen LogP contribution in [0.3, 0.4) is 0 Å². The molecule has 9 heteroatoms. The number of anilines is 1. The molecule has 0 aliphatic carbocycles. The van der Waals surface area contributed by atoms with Gasteiger partial charge in [0.15, 0.2) is 0 Å². The smallest absolute Gasteiger partial charge is 0.312 e. The van der Waals surface area contributed by atoms with Gasteiger partial charge in [0.05, 0.1) is 30.8 Å². The third kappa shape index (κ3) is 5.30. The van der Waals surface area contributed by atoms with Gasteiger partial charge < -0.3 is 24.4 Å². The predicted octanol–water partition coefficient (Wildman–Crippen LogP) is 4.74. The number of aliphatic hydroxyl groups excluding tert-OH is 1. The highest BCUT2D eigenvalue weighted by atomic mass is 35.5. The number of hydrogen-bond acceptors (Lipinski definition) is 6. The average molecular weight is 607 g/mol. The van der Waals surface area contributed by atoms with Crippen LogP contribution in [0.2, 0.25) is 5.02 Å². The van der Waals surface area contributed by atoms with Crippen molar-refractivity contribution in [1.82, 2.24) is 4.90 Å². The maximum absolute atomic E-state index is 14.8. The van der Waals surface area contributed by atoms with Crippen LogP contribution in [0.4, 0.5) is 5.69 Å². The van der Waals surface area contributed by atoms with E-state index in [2.05, 4.69) is 13.2 Å². The quantitative estimate of drug-likeness (QED) is 0.201. The molecule has 0 radical (unpaired) electrons. The van der Waals surface area contributed by atoms with Gasteiger partial charge in [-0.2, -0.15) is 0 Å². The molecule has 2 aromatic carbocycles. The van der Waals surface area contributed by atoms with E-state index in [9.17, 15) is 19.5 Å². The van der Waals surface area contributed by atoms with Crippen molar-refractivity contribution in [2.45, 2.75) is 62.3 Å². The highest BCUT2D eigenvalue weighted by molar-refractivity contribution is 6.30. The molecule has 2 amide bonds. The second-order valence-electron chi connectivity index (χ2n) is 11.6. The topological polar surface area (TPSA) is 96.4 Å². The van der Waals surface area contributed by atoms with Crippen molar-refractivity contribution >= 4 is 35.1 Å². The lowest BCUT2D eigenvalue weighted by Gasteiger charge is -2.39. The van der Waals surface area contributed by atoms with Crippen molar-refractivity contribution in [1.29, 1.82) is 0 Å². The summed E-state index contributed by atoms with van der Waals surface area (Å²) in [6.07, 6.45) is 5.52. The van der Waals surface area contributed by atoms with Gasteiger partial charge in [0, 0.05) is 17.3 Å². The second kappa shape index (κ2) is 12.6. The lowest BCUT2D eigenvalue weighted by molar-refractivity contribution is -0.162. The molecule has 1 spiro atoms. The van der Waals surface area contributed by atoms with Gasteiger partial charge in [0.1, 0.15) is 17.6 Å². The molecule has 3 aliphatic heterocycles. The Hall–Kier alpha value is -3.46. The van der Waals surface area contributed by atoms with Crippen LogP contribution in [0.25, 0.3) is 0 Å². The van der Waals surface area contributed by atoms with Crippen molar-refractivity contribution in [3.05, 3.63) is 90.5 Å². The van der Waals surface area contributed by atoms with Crippen LogP contribution in [-0.4, -0.2) is 70.8 Å². The molecule has 0 saturated carbocycles. The van der Waals surface area contributed by atoms with Crippen molar-refractivity contribution in [2.24, 2.45) is 11.8 Å². The zero-order chi connectivity index (χ0) is 30.8. The lowest BCUT2D eigenvalue weighted by Crippen LogP contribution is -2.59. The van der Waals surface area contributed by atoms with Crippen LogP contribution in [0.1, 0.15) is 38.2 Å². The van der Waals surface area contributed by atoms with Crippen molar-refractivity contribution < 1.29 is 29.0 Å². The van der Waals surface area contributed by atoms with E-state index in [1.807, 2.05) is 37.3 Å². The number of likely N-dealkylation sites (tertiary alicyclic amines) is 1. The number of ether oxygens (including phenoxy) is 2. The molecule has 0 aromatic heterocycles. The first-order valence-electron chi connectivity index (χ1n) is 14.9. The largest absolute Gasteiger partial charge is 0.465 e. The van der Waals surface area contributed by atoms with E-state index < -0.39 is 41.1 Å². The molecule has 1 N–H and O–H groups in total. The summed E-state index contributed by atoms with van der Waals surface area (Å²) in [5.41, 5.74) is -0.689. The monoisotopic (exact) mass is 606 g/mol. The fourth-order valence-electron chi connectivity index (χ4n) is 7.38. The molecule has 3 fully saturated rings. The Morgan fingerprint density at radius 3 is 2.51 bits per heavy atom. The maximum Gasteiger partial charge on any atom is 0.312 e. The lowest BCUT2D eigenvalue weighted by atomic mass is 9.65. The van der Waals surface area contributed by atoms with Crippen LogP contribution in [-0.2, 0) is 30.3 Å². The number of rotatable bonds is 13. The molecule has 3 aliphatic rings. The Morgan fingerprint density at radius 2 is 1.88 bits per heavy atom. The van der Waals surface area contributed by atoms with E-state index in [1.165, 1.54) is 4.90 Å². The van der Waals surface area contributed by atoms with E-state index in [0.29, 0.717) is 42.8 Å². The first-order chi connectivity index (χ1) is 20.8. The number of nitrogens with zero attached hydrogens (tertiary/aromatic N) is 2. The third-order valence-electron chi connectivity index (χ3n) is 9.31. The number of esters is 1. The molecule has 6 atom stereocenters. The van der Waals surface area contributed by atoms with Gasteiger partial charge in [0.2, 0.25) is 5.91 Å². The summed E-state index contributed by atoms with van der Waals surface area (Å²) in [6, 6.07) is 14.6. The van der Waals surface area contributed by atoms with Gasteiger partial charge in [0.25, 0.3) is 5.91 Å². The molecule has 228 valence electrons. The summed E-state index contributed by atoms with van der Waals surface area (Å²) in [5.74, 6) is -3.03. The van der Waals surface area contributed by atoms with E-state index >= 15 is 0 Å². The number of amides is 2. The molecule has 3 saturated heterocycles. The minimum atomic E-state index is -1.26. The van der Waals surface area contributed by atoms with Crippen LogP contribution < -0.4 is 4.90 Å². The summed E-state index contributed by atoms with van der Waals surface area (Å²) < 4.78 is 12.5. The molecule has 8 nitrogen and oxygen atoms in total. The van der Waals surface area contributed by atoms with Gasteiger partial charge in [-0.25, -0.2) is 0 Å². The maximum atomic E-state index is 14.8. The number of benzene rings is 2. The summed E-state index contributed by atoms with van der Waals surface area (Å²) in [4.78, 5) is 46.2. The molecule has 2 aromatic rings. The van der Waals surface area contributed by atoms with Crippen LogP contribution in [0.15, 0.2) is 79.9 Å². The van der Waals surface area contributed by atoms with Gasteiger partial charge in [-0.05, 0) is 61.9 Å². The van der Waals surface area contributed by atoms with Crippen LogP contribution >= 0.6 is 11.6 Å². The minimum Gasteiger partial charge on any atom is -0.465 e. The van der Waals surface area contributed by atoms with Gasteiger partial charge >= 0.3 is 5.97 Å². The first kappa shape index (κ1) is 31.0. The Bertz CT molecular complexity index is 1370. The number of halogens is 1. The minimum absolute atomic E-state index is 0.148. The molecule has 2 unspecified atom stereocenters. The Labute approximate surface area is 257 Å². The van der Waals surface area contributed by atoms with E-state index in [4.69, 9.17) is 21.1 Å². The van der Waals surface area contributed by atoms with Gasteiger partial charge in [-0.1, -0.05) is 61.0 Å². The summed E-state index contributed by atoms with van der Waals surface area (Å²) >= 11 is 6.15. The summed E-state index contributed by atoms with van der Waals surface area (Å²) in [6.45, 7) is 9.44. The van der Waals surface area contributed by atoms with Gasteiger partial charge in [-0.3, -0.25) is 14.4 Å². The van der Waals surface area contributed by atoms with Crippen molar-refractivity contribution in [2.75, 3.05) is 24.7 Å². The molecular weight excluding hydrogens is 568 g/mol. The van der Waals surface area contributed by atoms with Crippen molar-refractivity contribution in [3.63, 3.8) is 0 Å².